The summed E-state index contributed by atoms with van der Waals surface area (Å²) in [7, 11) is 1.64. The Labute approximate surface area is 114 Å². The maximum atomic E-state index is 6.09. The highest BCUT2D eigenvalue weighted by Gasteiger charge is 2.13. The number of methoxy groups -OCH3 is 1. The standard InChI is InChI=1S/C14H21ClN2O/c1-18-14-3-2-11(8-13(14)15)4-6-16-9-12-5-7-17-10-12/h2-3,8,12,16-17H,4-7,9-10H2,1H3. The van der Waals surface area contributed by atoms with Crippen molar-refractivity contribution < 1.29 is 4.74 Å². The third kappa shape index (κ3) is 3.87. The summed E-state index contributed by atoms with van der Waals surface area (Å²) in [6, 6.07) is 5.99. The molecular formula is C14H21ClN2O. The number of hydrogen-bond donors (Lipinski definition) is 2. The number of halogens is 1. The maximum absolute atomic E-state index is 6.09. The topological polar surface area (TPSA) is 33.3 Å². The van der Waals surface area contributed by atoms with Gasteiger partial charge in [-0.15, -0.1) is 0 Å². The molecule has 1 aromatic rings. The smallest absolute Gasteiger partial charge is 0.137 e. The molecule has 100 valence electrons. The van der Waals surface area contributed by atoms with E-state index in [4.69, 9.17) is 16.3 Å². The first-order chi connectivity index (χ1) is 8.79. The lowest BCUT2D eigenvalue weighted by Gasteiger charge is -2.10. The summed E-state index contributed by atoms with van der Waals surface area (Å²) in [5.74, 6) is 1.54. The van der Waals surface area contributed by atoms with E-state index < -0.39 is 0 Å². The third-order valence-corrected chi connectivity index (χ3v) is 3.70. The Bertz CT molecular complexity index is 378. The molecule has 1 fully saturated rings. The van der Waals surface area contributed by atoms with E-state index in [9.17, 15) is 0 Å². The molecule has 0 aromatic heterocycles. The molecule has 1 atom stereocenters. The number of hydrogen-bond acceptors (Lipinski definition) is 3. The van der Waals surface area contributed by atoms with Crippen LogP contribution in [0.25, 0.3) is 0 Å². The lowest BCUT2D eigenvalue weighted by Crippen LogP contribution is -2.26. The van der Waals surface area contributed by atoms with Gasteiger partial charge in [0.25, 0.3) is 0 Å². The van der Waals surface area contributed by atoms with Gasteiger partial charge in [-0.2, -0.15) is 0 Å². The van der Waals surface area contributed by atoms with Crippen LogP contribution in [0.2, 0.25) is 5.02 Å². The second-order valence-corrected chi connectivity index (χ2v) is 5.19. The van der Waals surface area contributed by atoms with Crippen LogP contribution in [0.15, 0.2) is 18.2 Å². The minimum Gasteiger partial charge on any atom is -0.495 e. The second kappa shape index (κ2) is 6.98. The van der Waals surface area contributed by atoms with Gasteiger partial charge in [0.1, 0.15) is 5.75 Å². The van der Waals surface area contributed by atoms with E-state index in [1.807, 2.05) is 12.1 Å². The van der Waals surface area contributed by atoms with Gasteiger partial charge in [0.05, 0.1) is 12.1 Å². The summed E-state index contributed by atoms with van der Waals surface area (Å²) >= 11 is 6.09. The monoisotopic (exact) mass is 268 g/mol. The third-order valence-electron chi connectivity index (χ3n) is 3.40. The first-order valence-electron chi connectivity index (χ1n) is 6.53. The highest BCUT2D eigenvalue weighted by atomic mass is 35.5. The highest BCUT2D eigenvalue weighted by molar-refractivity contribution is 6.32. The van der Waals surface area contributed by atoms with Crippen LogP contribution in [0.3, 0.4) is 0 Å². The summed E-state index contributed by atoms with van der Waals surface area (Å²) < 4.78 is 5.14. The number of rotatable bonds is 6. The first-order valence-corrected chi connectivity index (χ1v) is 6.91. The minimum absolute atomic E-state index is 0.690. The molecule has 0 aliphatic carbocycles. The SMILES string of the molecule is COc1ccc(CCNCC2CCNC2)cc1Cl. The van der Waals surface area contributed by atoms with Crippen molar-refractivity contribution >= 4 is 11.6 Å². The maximum Gasteiger partial charge on any atom is 0.137 e. The molecule has 1 aliphatic rings. The van der Waals surface area contributed by atoms with Crippen molar-refractivity contribution in [1.29, 1.82) is 0 Å². The molecule has 1 aromatic carbocycles. The van der Waals surface area contributed by atoms with Gasteiger partial charge in [0, 0.05) is 0 Å². The first kappa shape index (κ1) is 13.7. The molecule has 1 aliphatic heterocycles. The van der Waals surface area contributed by atoms with Crippen LogP contribution in [-0.2, 0) is 6.42 Å². The zero-order valence-electron chi connectivity index (χ0n) is 10.8. The van der Waals surface area contributed by atoms with E-state index in [2.05, 4.69) is 16.7 Å². The Morgan fingerprint density at radius 1 is 1.50 bits per heavy atom. The summed E-state index contributed by atoms with van der Waals surface area (Å²) in [4.78, 5) is 0. The van der Waals surface area contributed by atoms with Gasteiger partial charge in [0.15, 0.2) is 0 Å². The van der Waals surface area contributed by atoms with Crippen LogP contribution < -0.4 is 15.4 Å². The molecule has 1 unspecified atom stereocenters. The molecule has 1 heterocycles. The van der Waals surface area contributed by atoms with Gasteiger partial charge in [-0.1, -0.05) is 17.7 Å². The molecule has 4 heteroatoms. The molecular weight excluding hydrogens is 248 g/mol. The zero-order valence-corrected chi connectivity index (χ0v) is 11.6. The molecule has 2 rings (SSSR count). The lowest BCUT2D eigenvalue weighted by atomic mass is 10.1. The Morgan fingerprint density at radius 3 is 3.06 bits per heavy atom. The van der Waals surface area contributed by atoms with Crippen LogP contribution in [0.1, 0.15) is 12.0 Å². The Balaban J connectivity index is 1.71. The van der Waals surface area contributed by atoms with Crippen molar-refractivity contribution in [1.82, 2.24) is 10.6 Å². The van der Waals surface area contributed by atoms with E-state index in [0.29, 0.717) is 5.02 Å². The average Bonchev–Trinajstić information content (AvgIpc) is 2.88. The van der Waals surface area contributed by atoms with Crippen molar-refractivity contribution in [2.24, 2.45) is 5.92 Å². The summed E-state index contributed by atoms with van der Waals surface area (Å²) in [6.45, 7) is 4.43. The molecule has 0 bridgehead atoms. The molecule has 1 saturated heterocycles. The van der Waals surface area contributed by atoms with E-state index in [1.165, 1.54) is 18.5 Å². The van der Waals surface area contributed by atoms with Crippen molar-refractivity contribution in [3.63, 3.8) is 0 Å². The fraction of sp³-hybridized carbons (Fsp3) is 0.571. The Kier molecular flexibility index (Phi) is 5.29. The largest absolute Gasteiger partial charge is 0.495 e. The number of nitrogens with one attached hydrogen (secondary N) is 2. The molecule has 0 radical (unpaired) electrons. The van der Waals surface area contributed by atoms with Gasteiger partial charge >= 0.3 is 0 Å². The van der Waals surface area contributed by atoms with E-state index in [0.717, 1.165) is 37.7 Å². The zero-order chi connectivity index (χ0) is 12.8. The number of ether oxygens (including phenoxy) is 1. The van der Waals surface area contributed by atoms with Gasteiger partial charge in [-0.3, -0.25) is 0 Å². The predicted octanol–water partition coefficient (Wildman–Crippen LogP) is 2.09. The van der Waals surface area contributed by atoms with Crippen LogP contribution >= 0.6 is 11.6 Å². The van der Waals surface area contributed by atoms with Crippen LogP contribution in [-0.4, -0.2) is 33.3 Å². The van der Waals surface area contributed by atoms with Gasteiger partial charge in [-0.05, 0) is 62.6 Å². The molecule has 3 nitrogen and oxygen atoms in total. The summed E-state index contributed by atoms with van der Waals surface area (Å²) in [5, 5.41) is 7.58. The van der Waals surface area contributed by atoms with Crippen molar-refractivity contribution in [2.45, 2.75) is 12.8 Å². The predicted molar refractivity (Wildman–Crippen MR) is 75.6 cm³/mol. The van der Waals surface area contributed by atoms with Crippen LogP contribution in [0.5, 0.6) is 5.75 Å². The second-order valence-electron chi connectivity index (χ2n) is 4.78. The van der Waals surface area contributed by atoms with Gasteiger partial charge < -0.3 is 15.4 Å². The fourth-order valence-corrected chi connectivity index (χ4v) is 2.57. The van der Waals surface area contributed by atoms with Crippen LogP contribution in [0, 0.1) is 5.92 Å². The molecule has 0 spiro atoms. The van der Waals surface area contributed by atoms with E-state index >= 15 is 0 Å². The van der Waals surface area contributed by atoms with Crippen molar-refractivity contribution in [2.75, 3.05) is 33.3 Å². The fourth-order valence-electron chi connectivity index (χ4n) is 2.29. The average molecular weight is 269 g/mol. The van der Waals surface area contributed by atoms with E-state index in [1.54, 1.807) is 7.11 Å². The minimum atomic E-state index is 0.690. The normalized spacial score (nSPS) is 19.1. The highest BCUT2D eigenvalue weighted by Crippen LogP contribution is 2.24. The number of benzene rings is 1. The summed E-state index contributed by atoms with van der Waals surface area (Å²) in [6.07, 6.45) is 2.30. The van der Waals surface area contributed by atoms with Gasteiger partial charge in [0.2, 0.25) is 0 Å². The Hall–Kier alpha value is -0.770. The van der Waals surface area contributed by atoms with Crippen LogP contribution in [0.4, 0.5) is 0 Å². The molecule has 0 amide bonds. The molecule has 18 heavy (non-hydrogen) atoms. The van der Waals surface area contributed by atoms with Gasteiger partial charge in [-0.25, -0.2) is 0 Å². The lowest BCUT2D eigenvalue weighted by molar-refractivity contribution is 0.415. The summed E-state index contributed by atoms with van der Waals surface area (Å²) in [5.41, 5.74) is 1.25. The Morgan fingerprint density at radius 2 is 2.39 bits per heavy atom. The van der Waals surface area contributed by atoms with E-state index in [-0.39, 0.29) is 0 Å². The molecule has 2 N–H and O–H groups in total. The molecule has 0 saturated carbocycles. The van der Waals surface area contributed by atoms with Crippen molar-refractivity contribution in [3.8, 4) is 5.75 Å². The quantitative estimate of drug-likeness (QED) is 0.775. The van der Waals surface area contributed by atoms with Crippen molar-refractivity contribution in [3.05, 3.63) is 28.8 Å².